The Balaban J connectivity index is 2.45. The van der Waals surface area contributed by atoms with Crippen molar-refractivity contribution in [2.24, 2.45) is 0 Å². The molecular formula is C12H15F3NO2P. The molecule has 1 unspecified atom stereocenters. The van der Waals surface area contributed by atoms with Gasteiger partial charge in [-0.15, -0.1) is 0 Å². The maximum absolute atomic E-state index is 12.3. The van der Waals surface area contributed by atoms with Gasteiger partial charge in [-0.2, -0.15) is 13.2 Å². The van der Waals surface area contributed by atoms with Gasteiger partial charge in [-0.05, 0) is 18.8 Å². The fraction of sp³-hybridized carbons (Fsp3) is 0.417. The third-order valence-electron chi connectivity index (χ3n) is 2.32. The highest BCUT2D eigenvalue weighted by atomic mass is 31.1. The van der Waals surface area contributed by atoms with Crippen molar-refractivity contribution < 1.29 is 22.7 Å². The second-order valence-corrected chi connectivity index (χ2v) is 4.58. The van der Waals surface area contributed by atoms with Crippen LogP contribution in [0.1, 0.15) is 15.9 Å². The van der Waals surface area contributed by atoms with Crippen LogP contribution < -0.4 is 5.09 Å². The highest BCUT2D eigenvalue weighted by Crippen LogP contribution is 2.29. The Bertz CT molecular complexity index is 406. The van der Waals surface area contributed by atoms with Gasteiger partial charge in [0, 0.05) is 12.1 Å². The minimum absolute atomic E-state index is 0.125. The quantitative estimate of drug-likeness (QED) is 0.477. The average Bonchev–Trinajstić information content (AvgIpc) is 2.37. The molecule has 19 heavy (non-hydrogen) atoms. The second kappa shape index (κ2) is 7.58. The van der Waals surface area contributed by atoms with Crippen LogP contribution in [0.5, 0.6) is 0 Å². The number of ketones is 1. The van der Waals surface area contributed by atoms with Crippen molar-refractivity contribution in [1.82, 2.24) is 5.09 Å². The Labute approximate surface area is 111 Å². The highest BCUT2D eigenvalue weighted by molar-refractivity contribution is 7.34. The first-order valence-corrected chi connectivity index (χ1v) is 7.13. The number of hydrogen-bond donors (Lipinski definition) is 1. The smallest absolute Gasteiger partial charge is 0.372 e. The van der Waals surface area contributed by atoms with E-state index >= 15 is 0 Å². The lowest BCUT2D eigenvalue weighted by molar-refractivity contribution is -0.137. The van der Waals surface area contributed by atoms with Gasteiger partial charge in [-0.1, -0.05) is 20.9 Å². The molecule has 1 atom stereocenters. The predicted octanol–water partition coefficient (Wildman–Crippen LogP) is 2.72. The Hall–Kier alpha value is -0.970. The van der Waals surface area contributed by atoms with Crippen LogP contribution in [0.15, 0.2) is 24.3 Å². The topological polar surface area (TPSA) is 38.3 Å². The molecule has 106 valence electrons. The van der Waals surface area contributed by atoms with Crippen LogP contribution >= 0.6 is 8.73 Å². The van der Waals surface area contributed by atoms with E-state index in [1.807, 2.05) is 6.66 Å². The lowest BCUT2D eigenvalue weighted by Crippen LogP contribution is -2.16. The number of nitrogens with one attached hydrogen (secondary N) is 1. The number of carbonyl (C=O) groups is 1. The number of benzene rings is 1. The summed E-state index contributed by atoms with van der Waals surface area (Å²) in [6.07, 6.45) is -4.38. The van der Waals surface area contributed by atoms with Gasteiger partial charge in [0.05, 0.1) is 12.2 Å². The van der Waals surface area contributed by atoms with Gasteiger partial charge >= 0.3 is 6.18 Å². The monoisotopic (exact) mass is 293 g/mol. The molecule has 0 saturated carbocycles. The standard InChI is InChI=1S/C12H15F3NO2P/c1-19-16-6-7-18-8-11(17)9-2-4-10(5-3-9)12(13,14)15/h2-5,16,19H,6-8H2,1H3. The number of alkyl halides is 3. The molecule has 0 saturated heterocycles. The fourth-order valence-corrected chi connectivity index (χ4v) is 1.69. The largest absolute Gasteiger partial charge is 0.416 e. The molecule has 0 aliphatic rings. The van der Waals surface area contributed by atoms with E-state index in [9.17, 15) is 18.0 Å². The van der Waals surface area contributed by atoms with Crippen molar-refractivity contribution in [3.8, 4) is 0 Å². The zero-order valence-corrected chi connectivity index (χ0v) is 11.4. The Morgan fingerprint density at radius 3 is 2.47 bits per heavy atom. The summed E-state index contributed by atoms with van der Waals surface area (Å²) < 4.78 is 42.1. The van der Waals surface area contributed by atoms with Crippen LogP contribution in [-0.2, 0) is 10.9 Å². The molecule has 1 N–H and O–H groups in total. The normalized spacial score (nSPS) is 12.2. The molecule has 1 aromatic carbocycles. The molecular weight excluding hydrogens is 278 g/mol. The second-order valence-electron chi connectivity index (χ2n) is 3.73. The van der Waals surface area contributed by atoms with Gasteiger partial charge < -0.3 is 4.74 Å². The Morgan fingerprint density at radius 1 is 1.32 bits per heavy atom. The van der Waals surface area contributed by atoms with Crippen molar-refractivity contribution in [1.29, 1.82) is 0 Å². The number of hydrogen-bond acceptors (Lipinski definition) is 3. The van der Waals surface area contributed by atoms with Gasteiger partial charge in [0.2, 0.25) is 0 Å². The predicted molar refractivity (Wildman–Crippen MR) is 68.8 cm³/mol. The first-order chi connectivity index (χ1) is 8.95. The lowest BCUT2D eigenvalue weighted by atomic mass is 10.1. The summed E-state index contributed by atoms with van der Waals surface area (Å²) in [5.41, 5.74) is -0.545. The molecule has 0 amide bonds. The summed E-state index contributed by atoms with van der Waals surface area (Å²) in [4.78, 5) is 11.6. The molecule has 0 bridgehead atoms. The van der Waals surface area contributed by atoms with E-state index < -0.39 is 11.7 Å². The third-order valence-corrected chi connectivity index (χ3v) is 2.92. The van der Waals surface area contributed by atoms with Crippen LogP contribution in [0.4, 0.5) is 13.2 Å². The van der Waals surface area contributed by atoms with Crippen molar-refractivity contribution in [3.05, 3.63) is 35.4 Å². The van der Waals surface area contributed by atoms with Crippen LogP contribution in [0.3, 0.4) is 0 Å². The number of rotatable bonds is 7. The molecule has 7 heteroatoms. The molecule has 0 spiro atoms. The van der Waals surface area contributed by atoms with Crippen molar-refractivity contribution in [2.45, 2.75) is 6.18 Å². The molecule has 0 radical (unpaired) electrons. The van der Waals surface area contributed by atoms with Gasteiger partial charge in [-0.25, -0.2) is 0 Å². The van der Waals surface area contributed by atoms with Crippen LogP contribution in [0.2, 0.25) is 0 Å². The van der Waals surface area contributed by atoms with Crippen LogP contribution in [0.25, 0.3) is 0 Å². The Kier molecular flexibility index (Phi) is 6.42. The van der Waals surface area contributed by atoms with E-state index in [0.717, 1.165) is 12.1 Å². The molecule has 0 aliphatic heterocycles. The molecule has 0 aromatic heterocycles. The molecule has 1 rings (SSSR count). The summed E-state index contributed by atoms with van der Waals surface area (Å²) in [7, 11) is 0.608. The summed E-state index contributed by atoms with van der Waals surface area (Å²) in [5.74, 6) is -0.326. The maximum Gasteiger partial charge on any atom is 0.416 e. The first-order valence-electron chi connectivity index (χ1n) is 5.63. The van der Waals surface area contributed by atoms with Crippen molar-refractivity contribution >= 4 is 14.5 Å². The van der Waals surface area contributed by atoms with E-state index in [0.29, 0.717) is 21.9 Å². The van der Waals surface area contributed by atoms with E-state index in [-0.39, 0.29) is 18.0 Å². The summed E-state index contributed by atoms with van der Waals surface area (Å²) in [6, 6.07) is 4.13. The maximum atomic E-state index is 12.3. The minimum atomic E-state index is -4.38. The van der Waals surface area contributed by atoms with Gasteiger partial charge in [0.25, 0.3) is 0 Å². The fourth-order valence-electron chi connectivity index (χ4n) is 1.34. The molecule has 0 aliphatic carbocycles. The number of ether oxygens (including phenoxy) is 1. The van der Waals surface area contributed by atoms with E-state index in [1.54, 1.807) is 0 Å². The number of Topliss-reactive ketones (excluding diaryl/α,β-unsaturated/α-hetero) is 1. The van der Waals surface area contributed by atoms with Crippen molar-refractivity contribution in [2.75, 3.05) is 26.4 Å². The van der Waals surface area contributed by atoms with Crippen LogP contribution in [-0.4, -0.2) is 32.2 Å². The highest BCUT2D eigenvalue weighted by Gasteiger charge is 2.30. The zero-order valence-electron chi connectivity index (χ0n) is 10.4. The third kappa shape index (κ3) is 5.68. The number of carbonyl (C=O) groups excluding carboxylic acids is 1. The molecule has 0 fully saturated rings. The van der Waals surface area contributed by atoms with E-state index in [2.05, 4.69) is 5.09 Å². The number of halogens is 3. The van der Waals surface area contributed by atoms with E-state index in [1.165, 1.54) is 12.1 Å². The summed E-state index contributed by atoms with van der Waals surface area (Å²) in [5, 5.41) is 3.05. The lowest BCUT2D eigenvalue weighted by Gasteiger charge is -2.07. The summed E-state index contributed by atoms with van der Waals surface area (Å²) in [6.45, 7) is 2.90. The zero-order chi connectivity index (χ0) is 14.3. The van der Waals surface area contributed by atoms with Crippen molar-refractivity contribution in [3.63, 3.8) is 0 Å². The summed E-state index contributed by atoms with van der Waals surface area (Å²) >= 11 is 0. The Morgan fingerprint density at radius 2 is 1.95 bits per heavy atom. The van der Waals surface area contributed by atoms with Gasteiger partial charge in [0.15, 0.2) is 5.78 Å². The molecule has 1 aromatic rings. The van der Waals surface area contributed by atoms with E-state index in [4.69, 9.17) is 4.74 Å². The average molecular weight is 293 g/mol. The SMILES string of the molecule is CPNCCOCC(=O)c1ccc(C(F)(F)F)cc1. The van der Waals surface area contributed by atoms with Gasteiger partial charge in [0.1, 0.15) is 6.61 Å². The first kappa shape index (κ1) is 16.1. The molecule has 3 nitrogen and oxygen atoms in total. The van der Waals surface area contributed by atoms with Gasteiger partial charge in [-0.3, -0.25) is 9.88 Å². The van der Waals surface area contributed by atoms with Crippen LogP contribution in [0, 0.1) is 0 Å². The minimum Gasteiger partial charge on any atom is -0.372 e. The molecule has 0 heterocycles.